The molecule has 1 fully saturated rings. The number of rotatable bonds is 6. The first kappa shape index (κ1) is 18.9. The molecule has 0 saturated carbocycles. The van der Waals surface area contributed by atoms with Gasteiger partial charge in [0.05, 0.1) is 17.7 Å². The maximum Gasteiger partial charge on any atom is 0.418 e. The van der Waals surface area contributed by atoms with E-state index in [0.29, 0.717) is 11.3 Å². The summed E-state index contributed by atoms with van der Waals surface area (Å²) in [5, 5.41) is 0.541. The van der Waals surface area contributed by atoms with Gasteiger partial charge in [0, 0.05) is 51.1 Å². The first-order chi connectivity index (χ1) is 12.4. The van der Waals surface area contributed by atoms with Gasteiger partial charge in [-0.2, -0.15) is 13.2 Å². The molecule has 0 amide bonds. The number of anilines is 1. The minimum atomic E-state index is -4.41. The number of pyridine rings is 1. The van der Waals surface area contributed by atoms with Crippen LogP contribution >= 0.6 is 0 Å². The van der Waals surface area contributed by atoms with Crippen LogP contribution in [0.3, 0.4) is 0 Å². The molecule has 1 aromatic heterocycles. The van der Waals surface area contributed by atoms with Gasteiger partial charge in [-0.15, -0.1) is 0 Å². The summed E-state index contributed by atoms with van der Waals surface area (Å²) >= 11 is 0. The van der Waals surface area contributed by atoms with E-state index in [1.54, 1.807) is 19.2 Å². The summed E-state index contributed by atoms with van der Waals surface area (Å²) < 4.78 is 44.9. The maximum absolute atomic E-state index is 13.3. The number of ether oxygens (including phenoxy) is 1. The predicted molar refractivity (Wildman–Crippen MR) is 96.4 cm³/mol. The number of alkyl halides is 3. The van der Waals surface area contributed by atoms with Crippen LogP contribution in [0, 0.1) is 5.92 Å². The van der Waals surface area contributed by atoms with Crippen LogP contribution in [0.15, 0.2) is 30.5 Å². The Bertz CT molecular complexity index is 750. The number of aromatic nitrogens is 1. The highest BCUT2D eigenvalue weighted by Gasteiger charge is 2.33. The van der Waals surface area contributed by atoms with Crippen molar-refractivity contribution in [2.24, 2.45) is 5.92 Å². The molecule has 0 spiro atoms. The highest BCUT2D eigenvalue weighted by Crippen LogP contribution is 2.36. The second-order valence-corrected chi connectivity index (χ2v) is 6.86. The van der Waals surface area contributed by atoms with Crippen molar-refractivity contribution in [2.75, 3.05) is 51.8 Å². The Morgan fingerprint density at radius 3 is 2.85 bits per heavy atom. The van der Waals surface area contributed by atoms with Crippen LogP contribution in [-0.2, 0) is 10.9 Å². The number of hydrogen-bond donors (Lipinski definition) is 0. The molecule has 0 radical (unpaired) electrons. The molecule has 7 heteroatoms. The number of benzene rings is 1. The summed E-state index contributed by atoms with van der Waals surface area (Å²) in [6.45, 7) is 4.47. The second-order valence-electron chi connectivity index (χ2n) is 6.86. The van der Waals surface area contributed by atoms with Gasteiger partial charge in [-0.1, -0.05) is 12.1 Å². The molecule has 3 rings (SSSR count). The van der Waals surface area contributed by atoms with Crippen LogP contribution in [0.25, 0.3) is 10.9 Å². The first-order valence-corrected chi connectivity index (χ1v) is 8.77. The van der Waals surface area contributed by atoms with E-state index in [1.165, 1.54) is 12.3 Å². The molecule has 2 aromatic rings. The monoisotopic (exact) mass is 367 g/mol. The molecule has 0 bridgehead atoms. The molecular formula is C19H24F3N3O. The molecule has 1 aliphatic rings. The van der Waals surface area contributed by atoms with Gasteiger partial charge < -0.3 is 14.5 Å². The lowest BCUT2D eigenvalue weighted by Gasteiger charge is -2.25. The number of hydrogen-bond acceptors (Lipinski definition) is 4. The van der Waals surface area contributed by atoms with Gasteiger partial charge in [-0.25, -0.2) is 0 Å². The molecule has 0 N–H and O–H groups in total. The molecule has 4 nitrogen and oxygen atoms in total. The predicted octanol–water partition coefficient (Wildman–Crippen LogP) is 3.66. The lowest BCUT2D eigenvalue weighted by molar-refractivity contribution is -0.136. The number of methoxy groups -OCH3 is 1. The number of halogens is 3. The van der Waals surface area contributed by atoms with Gasteiger partial charge in [0.1, 0.15) is 0 Å². The van der Waals surface area contributed by atoms with E-state index in [1.807, 2.05) is 7.05 Å². The highest BCUT2D eigenvalue weighted by molar-refractivity contribution is 5.93. The summed E-state index contributed by atoms with van der Waals surface area (Å²) in [5.74, 6) is 0.492. The van der Waals surface area contributed by atoms with Crippen LogP contribution in [0.4, 0.5) is 18.9 Å². The fourth-order valence-electron chi connectivity index (χ4n) is 3.69. The smallest absolute Gasteiger partial charge is 0.383 e. The molecule has 26 heavy (non-hydrogen) atoms. The summed E-state index contributed by atoms with van der Waals surface area (Å²) in [5.41, 5.74) is 0.116. The highest BCUT2D eigenvalue weighted by atomic mass is 19.4. The molecule has 1 atom stereocenters. The van der Waals surface area contributed by atoms with E-state index in [0.717, 1.165) is 51.0 Å². The third-order valence-electron chi connectivity index (χ3n) is 4.98. The van der Waals surface area contributed by atoms with Gasteiger partial charge in [0.25, 0.3) is 0 Å². The van der Waals surface area contributed by atoms with Crippen molar-refractivity contribution in [2.45, 2.75) is 12.6 Å². The van der Waals surface area contributed by atoms with E-state index in [9.17, 15) is 13.2 Å². The molecule has 2 heterocycles. The standard InChI is InChI=1S/C19H24F3N3O/c1-24(12-14-7-9-25(13-14)10-11-26-2)17-6-8-23-18-15(17)4-3-5-16(18)19(20,21)22/h3-6,8,14H,7,9-13H2,1-2H3. The van der Waals surface area contributed by atoms with E-state index >= 15 is 0 Å². The van der Waals surface area contributed by atoms with Crippen LogP contribution in [-0.4, -0.2) is 56.8 Å². The Morgan fingerprint density at radius 1 is 1.31 bits per heavy atom. The van der Waals surface area contributed by atoms with Crippen molar-refractivity contribution >= 4 is 16.6 Å². The maximum atomic E-state index is 13.3. The number of likely N-dealkylation sites (tertiary alicyclic amines) is 1. The quantitative estimate of drug-likeness (QED) is 0.779. The average Bonchev–Trinajstić information content (AvgIpc) is 3.05. The van der Waals surface area contributed by atoms with Crippen molar-refractivity contribution in [3.63, 3.8) is 0 Å². The van der Waals surface area contributed by atoms with E-state index < -0.39 is 11.7 Å². The molecule has 0 aliphatic carbocycles. The zero-order valence-corrected chi connectivity index (χ0v) is 15.1. The van der Waals surface area contributed by atoms with E-state index in [4.69, 9.17) is 4.74 Å². The largest absolute Gasteiger partial charge is 0.418 e. The van der Waals surface area contributed by atoms with Gasteiger partial charge in [0.15, 0.2) is 0 Å². The minimum absolute atomic E-state index is 0.0116. The average molecular weight is 367 g/mol. The molecule has 1 unspecified atom stereocenters. The van der Waals surface area contributed by atoms with Gasteiger partial charge >= 0.3 is 6.18 Å². The van der Waals surface area contributed by atoms with Crippen molar-refractivity contribution < 1.29 is 17.9 Å². The lowest BCUT2D eigenvalue weighted by atomic mass is 10.1. The Kier molecular flexibility index (Phi) is 5.67. The summed E-state index contributed by atoms with van der Waals surface area (Å²) in [6.07, 6.45) is -1.86. The third-order valence-corrected chi connectivity index (χ3v) is 4.98. The lowest BCUT2D eigenvalue weighted by Crippen LogP contribution is -2.29. The SMILES string of the molecule is COCCN1CCC(CN(C)c2ccnc3c(C(F)(F)F)cccc23)C1. The number of nitrogens with zero attached hydrogens (tertiary/aromatic N) is 3. The Balaban J connectivity index is 1.78. The number of para-hydroxylation sites is 1. The van der Waals surface area contributed by atoms with E-state index in [2.05, 4.69) is 14.8 Å². The summed E-state index contributed by atoms with van der Waals surface area (Å²) in [4.78, 5) is 8.42. The number of fused-ring (bicyclic) bond motifs is 1. The normalized spacial score (nSPS) is 18.6. The molecule has 1 aliphatic heterocycles. The molecule has 142 valence electrons. The molecule has 1 aromatic carbocycles. The molecule has 1 saturated heterocycles. The van der Waals surface area contributed by atoms with Crippen molar-refractivity contribution in [3.05, 3.63) is 36.0 Å². The first-order valence-electron chi connectivity index (χ1n) is 8.77. The Morgan fingerprint density at radius 2 is 2.12 bits per heavy atom. The van der Waals surface area contributed by atoms with Crippen LogP contribution in [0.5, 0.6) is 0 Å². The van der Waals surface area contributed by atoms with Crippen molar-refractivity contribution in [3.8, 4) is 0 Å². The van der Waals surface area contributed by atoms with Gasteiger partial charge in [-0.3, -0.25) is 4.98 Å². The van der Waals surface area contributed by atoms with Crippen LogP contribution < -0.4 is 4.90 Å². The summed E-state index contributed by atoms with van der Waals surface area (Å²) in [6, 6.07) is 6.04. The molecular weight excluding hydrogens is 343 g/mol. The van der Waals surface area contributed by atoms with Gasteiger partial charge in [-0.05, 0) is 31.0 Å². The van der Waals surface area contributed by atoms with Crippen molar-refractivity contribution in [1.29, 1.82) is 0 Å². The zero-order valence-electron chi connectivity index (χ0n) is 15.1. The zero-order chi connectivity index (χ0) is 18.7. The van der Waals surface area contributed by atoms with E-state index in [-0.39, 0.29) is 5.52 Å². The van der Waals surface area contributed by atoms with Crippen molar-refractivity contribution in [1.82, 2.24) is 9.88 Å². The fourth-order valence-corrected chi connectivity index (χ4v) is 3.69. The van der Waals surface area contributed by atoms with Gasteiger partial charge in [0.2, 0.25) is 0 Å². The Hall–Kier alpha value is -1.86. The fraction of sp³-hybridized carbons (Fsp3) is 0.526. The summed E-state index contributed by atoms with van der Waals surface area (Å²) in [7, 11) is 3.64. The van der Waals surface area contributed by atoms with Crippen LogP contribution in [0.1, 0.15) is 12.0 Å². The topological polar surface area (TPSA) is 28.6 Å². The minimum Gasteiger partial charge on any atom is -0.383 e. The Labute approximate surface area is 151 Å². The third kappa shape index (κ3) is 4.10. The second kappa shape index (κ2) is 7.80. The van der Waals surface area contributed by atoms with Crippen LogP contribution in [0.2, 0.25) is 0 Å².